The summed E-state index contributed by atoms with van der Waals surface area (Å²) in [5.41, 5.74) is 1.76. The van der Waals surface area contributed by atoms with Gasteiger partial charge in [0.25, 0.3) is 10.0 Å². The molecule has 0 spiro atoms. The standard InChI is InChI=1S/C30H37N3O4S/c1-6-27(29(35)31-30(3,4)5)32(21-24-15-13-14-23(2)20-24)28(34)22-33(25-16-9-7-10-17-25)38(36,37)26-18-11-8-12-19-26/h7-20,27H,6,21-22H2,1-5H3,(H,31,35)/t27-/m0/s1. The molecular formula is C30H37N3O4S. The van der Waals surface area contributed by atoms with Gasteiger partial charge in [0.05, 0.1) is 10.6 Å². The zero-order valence-corrected chi connectivity index (χ0v) is 23.5. The van der Waals surface area contributed by atoms with Gasteiger partial charge in [-0.1, -0.05) is 73.2 Å². The number of para-hydroxylation sites is 1. The lowest BCUT2D eigenvalue weighted by Crippen LogP contribution is -2.55. The first-order chi connectivity index (χ1) is 17.9. The monoisotopic (exact) mass is 535 g/mol. The van der Waals surface area contributed by atoms with Crippen LogP contribution in [0.2, 0.25) is 0 Å². The Hall–Kier alpha value is -3.65. The number of amides is 2. The molecule has 0 aromatic heterocycles. The number of nitrogens with one attached hydrogen (secondary N) is 1. The maximum absolute atomic E-state index is 14.0. The minimum absolute atomic E-state index is 0.0828. The van der Waals surface area contributed by atoms with Gasteiger partial charge in [-0.2, -0.15) is 0 Å². The smallest absolute Gasteiger partial charge is 0.264 e. The molecule has 0 saturated carbocycles. The summed E-state index contributed by atoms with van der Waals surface area (Å²) in [6, 6.07) is 23.5. The summed E-state index contributed by atoms with van der Waals surface area (Å²) in [6.07, 6.45) is 0.371. The predicted molar refractivity (Wildman–Crippen MR) is 151 cm³/mol. The fourth-order valence-corrected chi connectivity index (χ4v) is 5.66. The summed E-state index contributed by atoms with van der Waals surface area (Å²) in [4.78, 5) is 28.9. The Bertz CT molecular complexity index is 1340. The number of anilines is 1. The van der Waals surface area contributed by atoms with E-state index in [1.807, 2.05) is 58.9 Å². The highest BCUT2D eigenvalue weighted by atomic mass is 32.2. The van der Waals surface area contributed by atoms with Gasteiger partial charge >= 0.3 is 0 Å². The normalized spacial score (nSPS) is 12.4. The molecule has 3 rings (SSSR count). The van der Waals surface area contributed by atoms with Crippen LogP contribution >= 0.6 is 0 Å². The SMILES string of the molecule is CC[C@@H](C(=O)NC(C)(C)C)N(Cc1cccc(C)c1)C(=O)CN(c1ccccc1)S(=O)(=O)c1ccccc1. The highest BCUT2D eigenvalue weighted by molar-refractivity contribution is 7.92. The van der Waals surface area contributed by atoms with Gasteiger partial charge < -0.3 is 10.2 Å². The van der Waals surface area contributed by atoms with Crippen LogP contribution in [-0.2, 0) is 26.2 Å². The van der Waals surface area contributed by atoms with Crippen LogP contribution in [0.15, 0.2) is 89.8 Å². The van der Waals surface area contributed by atoms with Gasteiger partial charge in [-0.05, 0) is 63.9 Å². The van der Waals surface area contributed by atoms with E-state index in [4.69, 9.17) is 0 Å². The number of aryl methyl sites for hydroxylation is 1. The summed E-state index contributed by atoms with van der Waals surface area (Å²) >= 11 is 0. The van der Waals surface area contributed by atoms with Crippen molar-refractivity contribution >= 4 is 27.5 Å². The molecule has 3 aromatic carbocycles. The van der Waals surface area contributed by atoms with E-state index < -0.39 is 34.1 Å². The van der Waals surface area contributed by atoms with Crippen LogP contribution in [0.4, 0.5) is 5.69 Å². The topological polar surface area (TPSA) is 86.8 Å². The van der Waals surface area contributed by atoms with Gasteiger partial charge in [-0.25, -0.2) is 8.42 Å². The highest BCUT2D eigenvalue weighted by Gasteiger charge is 2.34. The molecular weight excluding hydrogens is 498 g/mol. The number of benzene rings is 3. The predicted octanol–water partition coefficient (Wildman–Crippen LogP) is 4.91. The molecule has 3 aromatic rings. The van der Waals surface area contributed by atoms with Crippen molar-refractivity contribution in [3.8, 4) is 0 Å². The summed E-state index contributed by atoms with van der Waals surface area (Å²) in [7, 11) is -4.06. The van der Waals surface area contributed by atoms with Crippen molar-refractivity contribution in [3.05, 3.63) is 96.1 Å². The number of carbonyl (C=O) groups is 2. The van der Waals surface area contributed by atoms with Gasteiger partial charge in [0.1, 0.15) is 12.6 Å². The molecule has 0 bridgehead atoms. The van der Waals surface area contributed by atoms with Gasteiger partial charge in [-0.15, -0.1) is 0 Å². The zero-order chi connectivity index (χ0) is 27.9. The minimum Gasteiger partial charge on any atom is -0.350 e. The maximum Gasteiger partial charge on any atom is 0.264 e. The Kier molecular flexibility index (Phi) is 9.33. The Balaban J connectivity index is 2.04. The zero-order valence-electron chi connectivity index (χ0n) is 22.7. The largest absolute Gasteiger partial charge is 0.350 e. The van der Waals surface area contributed by atoms with Gasteiger partial charge in [0.15, 0.2) is 0 Å². The first-order valence-corrected chi connectivity index (χ1v) is 14.2. The molecule has 0 radical (unpaired) electrons. The lowest BCUT2D eigenvalue weighted by molar-refractivity contribution is -0.141. The molecule has 0 unspecified atom stereocenters. The molecule has 0 aliphatic rings. The molecule has 202 valence electrons. The molecule has 7 nitrogen and oxygen atoms in total. The lowest BCUT2D eigenvalue weighted by atomic mass is 10.0. The van der Waals surface area contributed by atoms with Crippen LogP contribution in [0.3, 0.4) is 0 Å². The van der Waals surface area contributed by atoms with E-state index in [2.05, 4.69) is 5.32 Å². The summed E-state index contributed by atoms with van der Waals surface area (Å²) < 4.78 is 28.6. The molecule has 8 heteroatoms. The van der Waals surface area contributed by atoms with E-state index in [1.54, 1.807) is 48.5 Å². The number of carbonyl (C=O) groups excluding carboxylic acids is 2. The Morgan fingerprint density at radius 3 is 2.05 bits per heavy atom. The van der Waals surface area contributed by atoms with Gasteiger partial charge in [0.2, 0.25) is 11.8 Å². The van der Waals surface area contributed by atoms with Crippen LogP contribution in [0.1, 0.15) is 45.2 Å². The van der Waals surface area contributed by atoms with E-state index in [0.717, 1.165) is 15.4 Å². The molecule has 1 N–H and O–H groups in total. The summed E-state index contributed by atoms with van der Waals surface area (Å²) in [5, 5.41) is 2.98. The number of sulfonamides is 1. The molecule has 2 amide bonds. The third-order valence-electron chi connectivity index (χ3n) is 5.97. The van der Waals surface area contributed by atoms with E-state index >= 15 is 0 Å². The van der Waals surface area contributed by atoms with Crippen molar-refractivity contribution in [2.75, 3.05) is 10.8 Å². The molecule has 38 heavy (non-hydrogen) atoms. The van der Waals surface area contributed by atoms with Crippen LogP contribution in [-0.4, -0.2) is 43.3 Å². The lowest BCUT2D eigenvalue weighted by Gasteiger charge is -2.34. The minimum atomic E-state index is -4.06. The van der Waals surface area contributed by atoms with E-state index in [-0.39, 0.29) is 17.3 Å². The van der Waals surface area contributed by atoms with Crippen molar-refractivity contribution < 1.29 is 18.0 Å². The van der Waals surface area contributed by atoms with Crippen molar-refractivity contribution in [2.24, 2.45) is 0 Å². The van der Waals surface area contributed by atoms with Crippen LogP contribution in [0, 0.1) is 6.92 Å². The van der Waals surface area contributed by atoms with Crippen molar-refractivity contribution in [1.29, 1.82) is 0 Å². The second kappa shape index (κ2) is 12.3. The molecule has 0 saturated heterocycles. The van der Waals surface area contributed by atoms with Crippen molar-refractivity contribution in [1.82, 2.24) is 10.2 Å². The Morgan fingerprint density at radius 1 is 0.895 bits per heavy atom. The molecule has 0 aliphatic heterocycles. The number of nitrogens with zero attached hydrogens (tertiary/aromatic N) is 2. The number of rotatable bonds is 10. The van der Waals surface area contributed by atoms with Crippen LogP contribution < -0.4 is 9.62 Å². The highest BCUT2D eigenvalue weighted by Crippen LogP contribution is 2.24. The Morgan fingerprint density at radius 2 is 1.50 bits per heavy atom. The fourth-order valence-electron chi connectivity index (χ4n) is 4.22. The third-order valence-corrected chi connectivity index (χ3v) is 7.76. The average molecular weight is 536 g/mol. The average Bonchev–Trinajstić information content (AvgIpc) is 2.87. The number of hydrogen-bond donors (Lipinski definition) is 1. The van der Waals surface area contributed by atoms with Crippen LogP contribution in [0.25, 0.3) is 0 Å². The molecule has 0 aliphatic carbocycles. The maximum atomic E-state index is 14.0. The second-order valence-corrected chi connectivity index (χ2v) is 12.2. The number of hydrogen-bond acceptors (Lipinski definition) is 4. The fraction of sp³-hybridized carbons (Fsp3) is 0.333. The summed E-state index contributed by atoms with van der Waals surface area (Å²) in [5.74, 6) is -0.746. The van der Waals surface area contributed by atoms with E-state index in [1.165, 1.54) is 17.0 Å². The molecule has 0 fully saturated rings. The first-order valence-electron chi connectivity index (χ1n) is 12.7. The second-order valence-electron chi connectivity index (χ2n) is 10.3. The third kappa shape index (κ3) is 7.44. The Labute approximate surface area is 226 Å². The van der Waals surface area contributed by atoms with Gasteiger partial charge in [0, 0.05) is 12.1 Å². The van der Waals surface area contributed by atoms with E-state index in [9.17, 15) is 18.0 Å². The molecule has 1 atom stereocenters. The van der Waals surface area contributed by atoms with Gasteiger partial charge in [-0.3, -0.25) is 13.9 Å². The first kappa shape index (κ1) is 28.9. The van der Waals surface area contributed by atoms with Crippen molar-refractivity contribution in [2.45, 2.75) is 64.1 Å². The van der Waals surface area contributed by atoms with Crippen molar-refractivity contribution in [3.63, 3.8) is 0 Å². The summed E-state index contributed by atoms with van der Waals surface area (Å²) in [6.45, 7) is 9.18. The molecule has 0 heterocycles. The van der Waals surface area contributed by atoms with Crippen LogP contribution in [0.5, 0.6) is 0 Å². The quantitative estimate of drug-likeness (QED) is 0.400. The van der Waals surface area contributed by atoms with E-state index in [0.29, 0.717) is 12.1 Å².